The molecule has 0 aliphatic heterocycles. The molecular weight excluding hydrogens is 344 g/mol. The Morgan fingerprint density at radius 1 is 1.45 bits per heavy atom. The van der Waals surface area contributed by atoms with E-state index in [9.17, 15) is 8.42 Å². The van der Waals surface area contributed by atoms with Crippen LogP contribution in [0.2, 0.25) is 0 Å². The second-order valence-electron chi connectivity index (χ2n) is 5.84. The molecule has 0 unspecified atom stereocenters. The molecule has 0 amide bonds. The van der Waals surface area contributed by atoms with Gasteiger partial charge in [0.05, 0.1) is 6.54 Å². The molecule has 1 aromatic rings. The standard InChI is InChI=1S/C13H19BrN2O3S/c1-15-7-10-6-11(12(14)19-10)20(17,18)16-8-13(4-5-13)9-2-3-9/h6,9,15-16H,2-5,7-8H2,1H3. The lowest BCUT2D eigenvalue weighted by molar-refractivity contribution is 0.431. The van der Waals surface area contributed by atoms with Crippen LogP contribution < -0.4 is 10.0 Å². The van der Waals surface area contributed by atoms with Crippen molar-refractivity contribution in [2.24, 2.45) is 11.3 Å². The van der Waals surface area contributed by atoms with Gasteiger partial charge in [-0.25, -0.2) is 13.1 Å². The Kier molecular flexibility index (Phi) is 3.73. The normalized spacial score (nSPS) is 21.1. The minimum absolute atomic E-state index is 0.189. The van der Waals surface area contributed by atoms with Crippen molar-refractivity contribution in [2.75, 3.05) is 13.6 Å². The Balaban J connectivity index is 1.71. The number of halogens is 1. The van der Waals surface area contributed by atoms with Crippen LogP contribution >= 0.6 is 15.9 Å². The number of nitrogens with one attached hydrogen (secondary N) is 2. The molecule has 0 saturated heterocycles. The van der Waals surface area contributed by atoms with Crippen LogP contribution in [-0.2, 0) is 16.6 Å². The van der Waals surface area contributed by atoms with Crippen molar-refractivity contribution in [1.82, 2.24) is 10.0 Å². The lowest BCUT2D eigenvalue weighted by Crippen LogP contribution is -2.31. The second-order valence-corrected chi connectivity index (χ2v) is 8.30. The summed E-state index contributed by atoms with van der Waals surface area (Å²) in [5.41, 5.74) is 0.247. The molecule has 7 heteroatoms. The van der Waals surface area contributed by atoms with Crippen LogP contribution in [0.3, 0.4) is 0 Å². The number of rotatable bonds is 7. The van der Waals surface area contributed by atoms with Gasteiger partial charge in [-0.05, 0) is 60.0 Å². The summed E-state index contributed by atoms with van der Waals surface area (Å²) in [4.78, 5) is 0.189. The number of hydrogen-bond donors (Lipinski definition) is 2. The van der Waals surface area contributed by atoms with E-state index in [2.05, 4.69) is 26.0 Å². The monoisotopic (exact) mass is 362 g/mol. The highest BCUT2D eigenvalue weighted by atomic mass is 79.9. The molecule has 0 atom stereocenters. The minimum atomic E-state index is -3.51. The number of sulfonamides is 1. The quantitative estimate of drug-likeness (QED) is 0.779. The molecule has 3 rings (SSSR count). The molecule has 5 nitrogen and oxygen atoms in total. The van der Waals surface area contributed by atoms with Crippen LogP contribution in [0.4, 0.5) is 0 Å². The Morgan fingerprint density at radius 2 is 2.15 bits per heavy atom. The Hall–Kier alpha value is -0.370. The molecule has 0 aromatic carbocycles. The first-order chi connectivity index (χ1) is 9.47. The SMILES string of the molecule is CNCc1cc(S(=O)(=O)NCC2(C3CC3)CC2)c(Br)o1. The first-order valence-corrected chi connectivity index (χ1v) is 9.17. The highest BCUT2D eigenvalue weighted by Crippen LogP contribution is 2.60. The Bertz CT molecular complexity index is 603. The van der Waals surface area contributed by atoms with E-state index in [1.165, 1.54) is 12.8 Å². The molecule has 2 N–H and O–H groups in total. The van der Waals surface area contributed by atoms with Gasteiger partial charge in [-0.1, -0.05) is 0 Å². The zero-order valence-electron chi connectivity index (χ0n) is 11.4. The maximum absolute atomic E-state index is 12.4. The van der Waals surface area contributed by atoms with Gasteiger partial charge in [0.2, 0.25) is 10.0 Å². The van der Waals surface area contributed by atoms with Crippen LogP contribution in [0.25, 0.3) is 0 Å². The lowest BCUT2D eigenvalue weighted by atomic mass is 10.0. The molecule has 0 radical (unpaired) electrons. The average Bonchev–Trinajstić information content (AvgIpc) is 3.26. The van der Waals surface area contributed by atoms with Crippen molar-refractivity contribution in [3.63, 3.8) is 0 Å². The van der Waals surface area contributed by atoms with Gasteiger partial charge in [0.15, 0.2) is 4.67 Å². The van der Waals surface area contributed by atoms with E-state index in [0.29, 0.717) is 18.8 Å². The number of furan rings is 1. The fourth-order valence-electron chi connectivity index (χ4n) is 2.74. The van der Waals surface area contributed by atoms with E-state index in [-0.39, 0.29) is 15.0 Å². The predicted octanol–water partition coefficient (Wildman–Crippen LogP) is 2.23. The third-order valence-electron chi connectivity index (χ3n) is 4.30. The first-order valence-electron chi connectivity index (χ1n) is 6.89. The van der Waals surface area contributed by atoms with E-state index in [0.717, 1.165) is 18.8 Å². The van der Waals surface area contributed by atoms with Crippen molar-refractivity contribution < 1.29 is 12.8 Å². The zero-order chi connectivity index (χ0) is 14.4. The smallest absolute Gasteiger partial charge is 0.244 e. The van der Waals surface area contributed by atoms with E-state index in [1.54, 1.807) is 13.1 Å². The van der Waals surface area contributed by atoms with Crippen LogP contribution in [0.15, 0.2) is 20.0 Å². The highest BCUT2D eigenvalue weighted by molar-refractivity contribution is 9.10. The van der Waals surface area contributed by atoms with Gasteiger partial charge in [0, 0.05) is 12.6 Å². The molecule has 112 valence electrons. The molecule has 2 saturated carbocycles. The van der Waals surface area contributed by atoms with Crippen LogP contribution in [0, 0.1) is 11.3 Å². The van der Waals surface area contributed by atoms with E-state index in [4.69, 9.17) is 4.42 Å². The summed E-state index contributed by atoms with van der Waals surface area (Å²) < 4.78 is 33.1. The molecule has 1 heterocycles. The predicted molar refractivity (Wildman–Crippen MR) is 78.8 cm³/mol. The molecule has 2 fully saturated rings. The first kappa shape index (κ1) is 14.6. The van der Waals surface area contributed by atoms with E-state index >= 15 is 0 Å². The van der Waals surface area contributed by atoms with Gasteiger partial charge in [-0.2, -0.15) is 0 Å². The fourth-order valence-corrected chi connectivity index (χ4v) is 4.88. The molecule has 1 aromatic heterocycles. The summed E-state index contributed by atoms with van der Waals surface area (Å²) >= 11 is 3.19. The topological polar surface area (TPSA) is 71.3 Å². The molecular formula is C13H19BrN2O3S. The van der Waals surface area contributed by atoms with Crippen LogP contribution in [-0.4, -0.2) is 22.0 Å². The van der Waals surface area contributed by atoms with E-state index < -0.39 is 10.0 Å². The largest absolute Gasteiger partial charge is 0.452 e. The highest BCUT2D eigenvalue weighted by Gasteiger charge is 2.53. The van der Waals surface area contributed by atoms with Crippen LogP contribution in [0.1, 0.15) is 31.4 Å². The molecule has 2 aliphatic rings. The summed E-state index contributed by atoms with van der Waals surface area (Å²) in [7, 11) is -1.72. The minimum Gasteiger partial charge on any atom is -0.452 e. The van der Waals surface area contributed by atoms with Gasteiger partial charge < -0.3 is 9.73 Å². The third-order valence-corrected chi connectivity index (χ3v) is 6.56. The van der Waals surface area contributed by atoms with Gasteiger partial charge in [0.1, 0.15) is 10.7 Å². The molecule has 0 bridgehead atoms. The third kappa shape index (κ3) is 2.81. The van der Waals surface area contributed by atoms with Crippen molar-refractivity contribution >= 4 is 26.0 Å². The van der Waals surface area contributed by atoms with E-state index in [1.807, 2.05) is 0 Å². The van der Waals surface area contributed by atoms with Crippen LogP contribution in [0.5, 0.6) is 0 Å². The van der Waals surface area contributed by atoms with Gasteiger partial charge >= 0.3 is 0 Å². The Labute approximate surface area is 127 Å². The van der Waals surface area contributed by atoms with Gasteiger partial charge in [-0.15, -0.1) is 0 Å². The zero-order valence-corrected chi connectivity index (χ0v) is 13.8. The summed E-state index contributed by atoms with van der Waals surface area (Å²) in [6.07, 6.45) is 4.81. The second kappa shape index (κ2) is 5.12. The molecule has 0 spiro atoms. The molecule has 2 aliphatic carbocycles. The van der Waals surface area contributed by atoms with Crippen molar-refractivity contribution in [3.8, 4) is 0 Å². The number of hydrogen-bond acceptors (Lipinski definition) is 4. The van der Waals surface area contributed by atoms with Gasteiger partial charge in [-0.3, -0.25) is 0 Å². The summed E-state index contributed by atoms with van der Waals surface area (Å²) in [5, 5.41) is 2.94. The summed E-state index contributed by atoms with van der Waals surface area (Å²) in [5.74, 6) is 1.33. The maximum Gasteiger partial charge on any atom is 0.244 e. The Morgan fingerprint density at radius 3 is 2.70 bits per heavy atom. The van der Waals surface area contributed by atoms with Gasteiger partial charge in [0.25, 0.3) is 0 Å². The lowest BCUT2D eigenvalue weighted by Gasteiger charge is -2.14. The summed E-state index contributed by atoms with van der Waals surface area (Å²) in [6, 6.07) is 1.57. The van der Waals surface area contributed by atoms with Crippen molar-refractivity contribution in [2.45, 2.75) is 37.1 Å². The maximum atomic E-state index is 12.4. The van der Waals surface area contributed by atoms with Crippen molar-refractivity contribution in [1.29, 1.82) is 0 Å². The fraction of sp³-hybridized carbons (Fsp3) is 0.692. The molecule has 20 heavy (non-hydrogen) atoms. The summed E-state index contributed by atoms with van der Waals surface area (Å²) in [6.45, 7) is 1.05. The van der Waals surface area contributed by atoms with Crippen molar-refractivity contribution in [3.05, 3.63) is 16.5 Å². The average molecular weight is 363 g/mol.